The SMILES string of the molecule is CCOC(C)(C)CNCc1ccn(C)n1. The molecule has 4 nitrogen and oxygen atoms in total. The first-order chi connectivity index (χ1) is 7.03. The van der Waals surface area contributed by atoms with E-state index in [0.717, 1.165) is 25.4 Å². The summed E-state index contributed by atoms with van der Waals surface area (Å²) in [7, 11) is 1.92. The lowest BCUT2D eigenvalue weighted by atomic mass is 10.1. The van der Waals surface area contributed by atoms with E-state index in [-0.39, 0.29) is 5.60 Å². The Kier molecular flexibility index (Phi) is 4.29. The van der Waals surface area contributed by atoms with E-state index in [1.165, 1.54) is 0 Å². The highest BCUT2D eigenvalue weighted by atomic mass is 16.5. The van der Waals surface area contributed by atoms with E-state index < -0.39 is 0 Å². The molecule has 0 saturated heterocycles. The van der Waals surface area contributed by atoms with E-state index in [2.05, 4.69) is 24.3 Å². The lowest BCUT2D eigenvalue weighted by Gasteiger charge is -2.24. The molecule has 1 heterocycles. The monoisotopic (exact) mass is 211 g/mol. The Hall–Kier alpha value is -0.870. The first kappa shape index (κ1) is 12.2. The topological polar surface area (TPSA) is 39.1 Å². The second-order valence-electron chi connectivity index (χ2n) is 4.28. The van der Waals surface area contributed by atoms with E-state index >= 15 is 0 Å². The minimum atomic E-state index is -0.108. The second kappa shape index (κ2) is 5.28. The molecule has 1 N–H and O–H groups in total. The largest absolute Gasteiger partial charge is 0.375 e. The van der Waals surface area contributed by atoms with Gasteiger partial charge in [-0.3, -0.25) is 4.68 Å². The van der Waals surface area contributed by atoms with Crippen molar-refractivity contribution in [2.75, 3.05) is 13.2 Å². The Bertz CT molecular complexity index is 294. The summed E-state index contributed by atoms with van der Waals surface area (Å²) >= 11 is 0. The van der Waals surface area contributed by atoms with Crippen LogP contribution in [0.15, 0.2) is 12.3 Å². The first-order valence-electron chi connectivity index (χ1n) is 5.37. The summed E-state index contributed by atoms with van der Waals surface area (Å²) < 4.78 is 7.39. The zero-order chi connectivity index (χ0) is 11.3. The number of nitrogens with zero attached hydrogens (tertiary/aromatic N) is 2. The number of ether oxygens (including phenoxy) is 1. The van der Waals surface area contributed by atoms with Crippen LogP contribution in [0.2, 0.25) is 0 Å². The summed E-state index contributed by atoms with van der Waals surface area (Å²) in [6.07, 6.45) is 1.95. The smallest absolute Gasteiger partial charge is 0.0762 e. The highest BCUT2D eigenvalue weighted by Gasteiger charge is 2.16. The fourth-order valence-corrected chi connectivity index (χ4v) is 1.49. The van der Waals surface area contributed by atoms with Gasteiger partial charge in [-0.25, -0.2) is 0 Å². The Labute approximate surface area is 91.6 Å². The van der Waals surface area contributed by atoms with Crippen molar-refractivity contribution in [3.63, 3.8) is 0 Å². The number of rotatable bonds is 6. The predicted octanol–water partition coefficient (Wildman–Crippen LogP) is 1.32. The molecule has 1 aromatic rings. The van der Waals surface area contributed by atoms with Gasteiger partial charge in [0.05, 0.1) is 11.3 Å². The van der Waals surface area contributed by atoms with Gasteiger partial charge in [-0.05, 0) is 26.8 Å². The molecule has 0 unspecified atom stereocenters. The average molecular weight is 211 g/mol. The molecule has 1 aromatic heterocycles. The molecule has 0 bridgehead atoms. The summed E-state index contributed by atoms with van der Waals surface area (Å²) in [4.78, 5) is 0. The molecular formula is C11H21N3O. The van der Waals surface area contributed by atoms with Gasteiger partial charge in [-0.2, -0.15) is 5.10 Å². The maximum Gasteiger partial charge on any atom is 0.0762 e. The van der Waals surface area contributed by atoms with Crippen molar-refractivity contribution < 1.29 is 4.74 Å². The number of aromatic nitrogens is 2. The molecular weight excluding hydrogens is 190 g/mol. The van der Waals surface area contributed by atoms with E-state index in [0.29, 0.717) is 0 Å². The summed E-state index contributed by atoms with van der Waals surface area (Å²) in [5.74, 6) is 0. The van der Waals surface area contributed by atoms with Crippen molar-refractivity contribution in [1.82, 2.24) is 15.1 Å². The third kappa shape index (κ3) is 4.44. The maximum absolute atomic E-state index is 5.58. The lowest BCUT2D eigenvalue weighted by Crippen LogP contribution is -2.37. The van der Waals surface area contributed by atoms with Crippen molar-refractivity contribution in [2.24, 2.45) is 7.05 Å². The van der Waals surface area contributed by atoms with Crippen molar-refractivity contribution in [3.8, 4) is 0 Å². The molecule has 15 heavy (non-hydrogen) atoms. The third-order valence-corrected chi connectivity index (χ3v) is 2.16. The van der Waals surface area contributed by atoms with Crippen LogP contribution in [-0.4, -0.2) is 28.5 Å². The Morgan fingerprint density at radius 2 is 2.27 bits per heavy atom. The molecule has 0 aromatic carbocycles. The van der Waals surface area contributed by atoms with Gasteiger partial charge < -0.3 is 10.1 Å². The zero-order valence-corrected chi connectivity index (χ0v) is 10.1. The highest BCUT2D eigenvalue weighted by Crippen LogP contribution is 2.07. The van der Waals surface area contributed by atoms with Gasteiger partial charge in [0.2, 0.25) is 0 Å². The van der Waals surface area contributed by atoms with Crippen LogP contribution < -0.4 is 5.32 Å². The van der Waals surface area contributed by atoms with Crippen LogP contribution in [0, 0.1) is 0 Å². The first-order valence-corrected chi connectivity index (χ1v) is 5.37. The lowest BCUT2D eigenvalue weighted by molar-refractivity contribution is -0.00902. The minimum absolute atomic E-state index is 0.108. The quantitative estimate of drug-likeness (QED) is 0.771. The van der Waals surface area contributed by atoms with Gasteiger partial charge in [-0.15, -0.1) is 0 Å². The van der Waals surface area contributed by atoms with Gasteiger partial charge in [-0.1, -0.05) is 0 Å². The van der Waals surface area contributed by atoms with Gasteiger partial charge in [0.15, 0.2) is 0 Å². The van der Waals surface area contributed by atoms with Crippen LogP contribution in [0.1, 0.15) is 26.5 Å². The van der Waals surface area contributed by atoms with E-state index in [1.807, 2.05) is 30.9 Å². The molecule has 0 saturated carbocycles. The van der Waals surface area contributed by atoms with E-state index in [4.69, 9.17) is 4.74 Å². The zero-order valence-electron chi connectivity index (χ0n) is 10.1. The van der Waals surface area contributed by atoms with Crippen LogP contribution in [0.3, 0.4) is 0 Å². The molecule has 0 atom stereocenters. The van der Waals surface area contributed by atoms with Crippen LogP contribution in [0.25, 0.3) is 0 Å². The molecule has 0 radical (unpaired) electrons. The molecule has 0 aliphatic carbocycles. The average Bonchev–Trinajstić information content (AvgIpc) is 2.51. The van der Waals surface area contributed by atoms with Crippen molar-refractivity contribution in [3.05, 3.63) is 18.0 Å². The molecule has 0 aliphatic heterocycles. The molecule has 1 rings (SSSR count). The second-order valence-corrected chi connectivity index (χ2v) is 4.28. The van der Waals surface area contributed by atoms with Crippen molar-refractivity contribution in [2.45, 2.75) is 32.9 Å². The van der Waals surface area contributed by atoms with Crippen molar-refractivity contribution >= 4 is 0 Å². The van der Waals surface area contributed by atoms with Gasteiger partial charge in [0, 0.05) is 32.9 Å². The van der Waals surface area contributed by atoms with Crippen LogP contribution >= 0.6 is 0 Å². The molecule has 0 amide bonds. The molecule has 86 valence electrons. The number of hydrogen-bond donors (Lipinski definition) is 1. The number of hydrogen-bond acceptors (Lipinski definition) is 3. The Morgan fingerprint density at radius 1 is 1.53 bits per heavy atom. The standard InChI is InChI=1S/C11H21N3O/c1-5-15-11(2,3)9-12-8-10-6-7-14(4)13-10/h6-7,12H,5,8-9H2,1-4H3. The van der Waals surface area contributed by atoms with Crippen LogP contribution in [-0.2, 0) is 18.3 Å². The normalized spacial score (nSPS) is 12.0. The van der Waals surface area contributed by atoms with E-state index in [9.17, 15) is 0 Å². The molecule has 0 aliphatic rings. The fraction of sp³-hybridized carbons (Fsp3) is 0.727. The molecule has 0 fully saturated rings. The molecule has 0 spiro atoms. The van der Waals surface area contributed by atoms with Crippen LogP contribution in [0.4, 0.5) is 0 Å². The summed E-state index contributed by atoms with van der Waals surface area (Å²) in [5.41, 5.74) is 0.952. The fourth-order valence-electron chi connectivity index (χ4n) is 1.49. The molecule has 4 heteroatoms. The third-order valence-electron chi connectivity index (χ3n) is 2.16. The highest BCUT2D eigenvalue weighted by molar-refractivity contribution is 4.98. The maximum atomic E-state index is 5.58. The van der Waals surface area contributed by atoms with Gasteiger partial charge >= 0.3 is 0 Å². The summed E-state index contributed by atoms with van der Waals surface area (Å²) in [6, 6.07) is 2.01. The summed E-state index contributed by atoms with van der Waals surface area (Å²) in [5, 5.41) is 7.63. The van der Waals surface area contributed by atoms with E-state index in [1.54, 1.807) is 0 Å². The van der Waals surface area contributed by atoms with Gasteiger partial charge in [0.1, 0.15) is 0 Å². The van der Waals surface area contributed by atoms with Crippen molar-refractivity contribution in [1.29, 1.82) is 0 Å². The number of nitrogens with one attached hydrogen (secondary N) is 1. The van der Waals surface area contributed by atoms with Gasteiger partial charge in [0.25, 0.3) is 0 Å². The van der Waals surface area contributed by atoms with Crippen LogP contribution in [0.5, 0.6) is 0 Å². The Morgan fingerprint density at radius 3 is 2.80 bits per heavy atom. The Balaban J connectivity index is 2.27. The number of aryl methyl sites for hydroxylation is 1. The predicted molar refractivity (Wildman–Crippen MR) is 60.6 cm³/mol. The summed E-state index contributed by atoms with van der Waals surface area (Å²) in [6.45, 7) is 8.55. The minimum Gasteiger partial charge on any atom is -0.375 e.